The maximum Gasteiger partial charge on any atom is 0.143 e. The van der Waals surface area contributed by atoms with E-state index in [9.17, 15) is 0 Å². The summed E-state index contributed by atoms with van der Waals surface area (Å²) in [6, 6.07) is 62.2. The Balaban J connectivity index is 1.04. The summed E-state index contributed by atoms with van der Waals surface area (Å²) in [6.45, 7) is 0. The van der Waals surface area contributed by atoms with Crippen molar-refractivity contribution in [2.75, 3.05) is 4.90 Å². The van der Waals surface area contributed by atoms with E-state index in [1.54, 1.807) is 0 Å². The Kier molecular flexibility index (Phi) is 8.47. The predicted molar refractivity (Wildman–Crippen MR) is 246 cm³/mol. The smallest absolute Gasteiger partial charge is 0.143 e. The van der Waals surface area contributed by atoms with Gasteiger partial charge in [0, 0.05) is 38.8 Å². The number of allylic oxidation sites excluding steroid dienone is 8. The van der Waals surface area contributed by atoms with E-state index in [4.69, 9.17) is 4.42 Å². The number of fused-ring (bicyclic) bond motifs is 6. The van der Waals surface area contributed by atoms with Crippen LogP contribution in [0.3, 0.4) is 0 Å². The topological polar surface area (TPSA) is 16.4 Å². The van der Waals surface area contributed by atoms with E-state index in [-0.39, 0.29) is 0 Å². The van der Waals surface area contributed by atoms with Crippen LogP contribution in [0.1, 0.15) is 36.8 Å². The zero-order valence-electron chi connectivity index (χ0n) is 32.2. The second-order valence-electron chi connectivity index (χ2n) is 15.5. The number of rotatable bonds is 7. The van der Waals surface area contributed by atoms with Gasteiger partial charge in [0.05, 0.1) is 0 Å². The second kappa shape index (κ2) is 14.4. The minimum Gasteiger partial charge on any atom is -0.455 e. The molecular weight excluding hydrogens is 703 g/mol. The van der Waals surface area contributed by atoms with Gasteiger partial charge in [-0.3, -0.25) is 0 Å². The van der Waals surface area contributed by atoms with Crippen LogP contribution in [0.4, 0.5) is 11.4 Å². The van der Waals surface area contributed by atoms with E-state index in [2.05, 4.69) is 205 Å². The molecule has 11 rings (SSSR count). The van der Waals surface area contributed by atoms with Gasteiger partial charge in [-0.05, 0) is 129 Å². The van der Waals surface area contributed by atoms with Gasteiger partial charge in [0.15, 0.2) is 0 Å². The van der Waals surface area contributed by atoms with E-state index in [1.807, 2.05) is 0 Å². The van der Waals surface area contributed by atoms with Crippen molar-refractivity contribution in [3.63, 3.8) is 0 Å². The molecule has 0 bridgehead atoms. The van der Waals surface area contributed by atoms with Crippen molar-refractivity contribution >= 4 is 66.0 Å². The van der Waals surface area contributed by atoms with Crippen molar-refractivity contribution in [3.05, 3.63) is 217 Å². The molecule has 2 nitrogen and oxygen atoms in total. The highest BCUT2D eigenvalue weighted by Gasteiger charge is 2.22. The number of nitrogens with zero attached hydrogens (tertiary/aromatic N) is 1. The third kappa shape index (κ3) is 6.06. The second-order valence-corrected chi connectivity index (χ2v) is 15.5. The van der Waals surface area contributed by atoms with Gasteiger partial charge in [-0.1, -0.05) is 152 Å². The van der Waals surface area contributed by atoms with Gasteiger partial charge in [0.2, 0.25) is 0 Å². The van der Waals surface area contributed by atoms with Crippen LogP contribution in [0.5, 0.6) is 0 Å². The van der Waals surface area contributed by atoms with Crippen molar-refractivity contribution in [1.82, 2.24) is 0 Å². The zero-order valence-corrected chi connectivity index (χ0v) is 32.2. The van der Waals surface area contributed by atoms with E-state index in [0.717, 1.165) is 64.4 Å². The van der Waals surface area contributed by atoms with Crippen molar-refractivity contribution in [2.45, 2.75) is 25.7 Å². The largest absolute Gasteiger partial charge is 0.455 e. The average molecular weight is 744 g/mol. The minimum atomic E-state index is 0.911. The first-order valence-electron chi connectivity index (χ1n) is 20.4. The molecule has 0 unspecified atom stereocenters. The molecule has 2 aliphatic rings. The fourth-order valence-corrected chi connectivity index (χ4v) is 9.09. The van der Waals surface area contributed by atoms with Crippen LogP contribution in [0, 0.1) is 0 Å². The molecular formula is C56H41NO. The van der Waals surface area contributed by atoms with Crippen molar-refractivity contribution < 1.29 is 4.42 Å². The van der Waals surface area contributed by atoms with E-state index in [0.29, 0.717) is 0 Å². The Morgan fingerprint density at radius 2 is 1.14 bits per heavy atom. The Labute approximate surface area is 339 Å². The van der Waals surface area contributed by atoms with E-state index in [1.165, 1.54) is 66.4 Å². The maximum atomic E-state index is 6.53. The standard InChI is InChI=1S/C56H41NO/c1-2-12-38(13-3-1)43-17-10-18-44(36-43)39-24-30-46(31-25-39)57(47-32-26-42(27-33-47)49-22-11-16-40-14-4-6-19-48(40)49)54-23-9-8-20-50(54)45-29-35-55-53(37-45)52-34-28-41-15-5-7-21-51(41)56(52)58-55/h1-2,4-8,10-12,14-22,24-37H,3,9,13,23H2. The van der Waals surface area contributed by atoms with Gasteiger partial charge >= 0.3 is 0 Å². The molecule has 8 aromatic carbocycles. The quantitative estimate of drug-likeness (QED) is 0.162. The first-order chi connectivity index (χ1) is 28.7. The molecule has 0 amide bonds. The normalized spacial score (nSPS) is 14.2. The van der Waals surface area contributed by atoms with Crippen molar-refractivity contribution in [2.24, 2.45) is 0 Å². The lowest BCUT2D eigenvalue weighted by Gasteiger charge is -2.32. The number of benzene rings is 8. The maximum absolute atomic E-state index is 6.53. The molecule has 9 aromatic rings. The Morgan fingerprint density at radius 1 is 0.448 bits per heavy atom. The lowest BCUT2D eigenvalue weighted by Crippen LogP contribution is -2.19. The van der Waals surface area contributed by atoms with Crippen LogP contribution < -0.4 is 4.90 Å². The molecule has 0 saturated heterocycles. The Bertz CT molecular complexity index is 3150. The summed E-state index contributed by atoms with van der Waals surface area (Å²) in [7, 11) is 0. The summed E-state index contributed by atoms with van der Waals surface area (Å²) in [4.78, 5) is 2.48. The molecule has 0 radical (unpaired) electrons. The molecule has 0 atom stereocenters. The van der Waals surface area contributed by atoms with Gasteiger partial charge in [-0.15, -0.1) is 0 Å². The predicted octanol–water partition coefficient (Wildman–Crippen LogP) is 15.9. The lowest BCUT2D eigenvalue weighted by molar-refractivity contribution is 0.672. The van der Waals surface area contributed by atoms with E-state index >= 15 is 0 Å². The lowest BCUT2D eigenvalue weighted by atomic mass is 9.93. The number of furan rings is 1. The zero-order chi connectivity index (χ0) is 38.4. The van der Waals surface area contributed by atoms with Gasteiger partial charge < -0.3 is 9.32 Å². The van der Waals surface area contributed by atoms with Crippen molar-refractivity contribution in [1.29, 1.82) is 0 Å². The van der Waals surface area contributed by atoms with Crippen LogP contribution in [0.15, 0.2) is 210 Å². The van der Waals surface area contributed by atoms with Gasteiger partial charge in [-0.2, -0.15) is 0 Å². The molecule has 0 fully saturated rings. The minimum absolute atomic E-state index is 0.911. The number of hydrogen-bond acceptors (Lipinski definition) is 2. The number of hydrogen-bond donors (Lipinski definition) is 0. The molecule has 276 valence electrons. The molecule has 0 aliphatic heterocycles. The van der Waals surface area contributed by atoms with Crippen LogP contribution in [0.2, 0.25) is 0 Å². The van der Waals surface area contributed by atoms with Crippen LogP contribution in [-0.4, -0.2) is 0 Å². The molecule has 0 N–H and O–H groups in total. The molecule has 2 heteroatoms. The molecule has 0 spiro atoms. The average Bonchev–Trinajstić information content (AvgIpc) is 3.69. The SMILES string of the molecule is C1=CCCC(c2cccc(-c3ccc(N(C4=C(c5ccc6oc7c8ccccc8ccc7c6c5)C=CCC4)c4ccc(-c5cccc6ccccc56)cc4)cc3)c2)=C1. The third-order valence-corrected chi connectivity index (χ3v) is 12.0. The third-order valence-electron chi connectivity index (χ3n) is 12.0. The summed E-state index contributed by atoms with van der Waals surface area (Å²) in [5.41, 5.74) is 15.5. The summed E-state index contributed by atoms with van der Waals surface area (Å²) < 4.78 is 6.53. The fourth-order valence-electron chi connectivity index (χ4n) is 9.09. The monoisotopic (exact) mass is 743 g/mol. The molecule has 58 heavy (non-hydrogen) atoms. The van der Waals surface area contributed by atoms with Crippen LogP contribution in [0.25, 0.3) is 76.9 Å². The first kappa shape index (κ1) is 34.1. The van der Waals surface area contributed by atoms with Gasteiger partial charge in [0.25, 0.3) is 0 Å². The molecule has 2 aliphatic carbocycles. The summed E-state index contributed by atoms with van der Waals surface area (Å²) in [5.74, 6) is 0. The van der Waals surface area contributed by atoms with E-state index < -0.39 is 0 Å². The van der Waals surface area contributed by atoms with Gasteiger partial charge in [-0.25, -0.2) is 0 Å². The van der Waals surface area contributed by atoms with Crippen LogP contribution >= 0.6 is 0 Å². The summed E-state index contributed by atoms with van der Waals surface area (Å²) in [6.07, 6.45) is 15.4. The summed E-state index contributed by atoms with van der Waals surface area (Å²) in [5, 5.41) is 7.14. The highest BCUT2D eigenvalue weighted by Crippen LogP contribution is 2.42. The highest BCUT2D eigenvalue weighted by molar-refractivity contribution is 6.15. The van der Waals surface area contributed by atoms with Crippen molar-refractivity contribution in [3.8, 4) is 22.3 Å². The Hall–Kier alpha value is -7.16. The Morgan fingerprint density at radius 3 is 1.95 bits per heavy atom. The fraction of sp³-hybridized carbons (Fsp3) is 0.0714. The first-order valence-corrected chi connectivity index (χ1v) is 20.4. The van der Waals surface area contributed by atoms with Crippen LogP contribution in [-0.2, 0) is 0 Å². The van der Waals surface area contributed by atoms with Gasteiger partial charge in [0.1, 0.15) is 11.2 Å². The molecule has 1 heterocycles. The highest BCUT2D eigenvalue weighted by atomic mass is 16.3. The number of anilines is 2. The summed E-state index contributed by atoms with van der Waals surface area (Å²) >= 11 is 0. The molecule has 1 aromatic heterocycles. The molecule has 0 saturated carbocycles.